The van der Waals surface area contributed by atoms with Crippen molar-refractivity contribution < 1.29 is 9.53 Å². The van der Waals surface area contributed by atoms with Gasteiger partial charge in [-0.1, -0.05) is 0 Å². The molecule has 11 heteroatoms. The Bertz CT molecular complexity index is 1230. The van der Waals surface area contributed by atoms with Crippen LogP contribution in [0.25, 0.3) is 11.4 Å². The molecule has 4 heterocycles. The number of nitrogens with zero attached hydrogens (tertiary/aromatic N) is 6. The molecular weight excluding hydrogens is 458 g/mol. The van der Waals surface area contributed by atoms with Gasteiger partial charge in [-0.3, -0.25) is 0 Å². The van der Waals surface area contributed by atoms with Crippen molar-refractivity contribution in [3.05, 3.63) is 47.8 Å². The molecule has 11 nitrogen and oxygen atoms in total. The van der Waals surface area contributed by atoms with Gasteiger partial charge >= 0.3 is 6.03 Å². The second-order valence-electron chi connectivity index (χ2n) is 8.92. The van der Waals surface area contributed by atoms with E-state index >= 15 is 0 Å². The van der Waals surface area contributed by atoms with Crippen LogP contribution in [0.15, 0.2) is 36.5 Å². The van der Waals surface area contributed by atoms with Crippen LogP contribution in [0.2, 0.25) is 0 Å². The minimum absolute atomic E-state index is 0.217. The molecule has 4 N–H and O–H groups in total. The largest absolute Gasteiger partial charge is 0.377 e. The number of carbonyl (C=O) groups excluding carboxylic acids is 1. The summed E-state index contributed by atoms with van der Waals surface area (Å²) in [5.41, 5.74) is 9.56. The first-order chi connectivity index (χ1) is 17.5. The maximum absolute atomic E-state index is 11.9. The van der Waals surface area contributed by atoms with Crippen LogP contribution < -0.4 is 26.2 Å². The standard InChI is InChI=1S/C25H31N9O2/c1-3-27-25(35)29-18-6-4-17(5-7-18)22-30-20-14-33(21-8-10-28-24(26)31-21)11-9-19(20)23(32-22)34-12-13-36-15-16(34)2/h4-8,10,16H,3,9,11-15H2,1-2H3,(H2,26,28,31)(H2,27,29,35). The van der Waals surface area contributed by atoms with Gasteiger partial charge in [0.25, 0.3) is 0 Å². The highest BCUT2D eigenvalue weighted by Crippen LogP contribution is 2.32. The third kappa shape index (κ3) is 5.01. The number of urea groups is 1. The Hall–Kier alpha value is -3.99. The van der Waals surface area contributed by atoms with Crippen molar-refractivity contribution in [3.8, 4) is 11.4 Å². The molecule has 1 fully saturated rings. The normalized spacial score (nSPS) is 17.4. The van der Waals surface area contributed by atoms with Crippen molar-refractivity contribution in [1.29, 1.82) is 0 Å². The molecule has 188 valence electrons. The first-order valence-electron chi connectivity index (χ1n) is 12.2. The van der Waals surface area contributed by atoms with Crippen LogP contribution in [0, 0.1) is 0 Å². The molecule has 5 rings (SSSR count). The monoisotopic (exact) mass is 489 g/mol. The Kier molecular flexibility index (Phi) is 6.81. The Morgan fingerprint density at radius 3 is 2.75 bits per heavy atom. The zero-order valence-electron chi connectivity index (χ0n) is 20.6. The molecule has 36 heavy (non-hydrogen) atoms. The minimum atomic E-state index is -0.232. The highest BCUT2D eigenvalue weighted by atomic mass is 16.5. The number of rotatable bonds is 5. The molecule has 3 aromatic rings. The number of morpholine rings is 1. The fourth-order valence-electron chi connectivity index (χ4n) is 4.59. The molecule has 1 saturated heterocycles. The van der Waals surface area contributed by atoms with Crippen LogP contribution in [-0.2, 0) is 17.7 Å². The topological polar surface area (TPSA) is 134 Å². The van der Waals surface area contributed by atoms with Gasteiger partial charge in [-0.15, -0.1) is 0 Å². The van der Waals surface area contributed by atoms with E-state index in [0.717, 1.165) is 42.4 Å². The summed E-state index contributed by atoms with van der Waals surface area (Å²) in [6.07, 6.45) is 2.48. The maximum Gasteiger partial charge on any atom is 0.319 e. The summed E-state index contributed by atoms with van der Waals surface area (Å²) in [5.74, 6) is 2.66. The van der Waals surface area contributed by atoms with Gasteiger partial charge < -0.3 is 30.9 Å². The van der Waals surface area contributed by atoms with Crippen LogP contribution in [0.1, 0.15) is 25.1 Å². The summed E-state index contributed by atoms with van der Waals surface area (Å²) in [6.45, 7) is 8.12. The molecule has 0 radical (unpaired) electrons. The maximum atomic E-state index is 11.9. The van der Waals surface area contributed by atoms with Crippen molar-refractivity contribution in [2.45, 2.75) is 32.9 Å². The molecule has 1 atom stereocenters. The number of amides is 2. The quantitative estimate of drug-likeness (QED) is 0.494. The molecule has 0 spiro atoms. The highest BCUT2D eigenvalue weighted by Gasteiger charge is 2.29. The fraction of sp³-hybridized carbons (Fsp3) is 0.400. The Balaban J connectivity index is 1.50. The number of fused-ring (bicyclic) bond motifs is 1. The lowest BCUT2D eigenvalue weighted by atomic mass is 10.0. The number of benzene rings is 1. The predicted octanol–water partition coefficient (Wildman–Crippen LogP) is 2.45. The summed E-state index contributed by atoms with van der Waals surface area (Å²) in [6, 6.07) is 9.44. The third-order valence-corrected chi connectivity index (χ3v) is 6.40. The van der Waals surface area contributed by atoms with Crippen LogP contribution in [0.5, 0.6) is 0 Å². The molecular formula is C25H31N9O2. The molecule has 2 aliphatic heterocycles. The predicted molar refractivity (Wildman–Crippen MR) is 139 cm³/mol. The van der Waals surface area contributed by atoms with Crippen LogP contribution in [0.3, 0.4) is 0 Å². The van der Waals surface area contributed by atoms with E-state index in [1.165, 1.54) is 5.56 Å². The second-order valence-corrected chi connectivity index (χ2v) is 8.92. The number of carbonyl (C=O) groups is 1. The smallest absolute Gasteiger partial charge is 0.319 e. The van der Waals surface area contributed by atoms with Crippen LogP contribution in [-0.4, -0.2) is 64.9 Å². The number of anilines is 4. The average molecular weight is 490 g/mol. The van der Waals surface area contributed by atoms with Crippen molar-refractivity contribution in [2.75, 3.05) is 53.7 Å². The molecule has 2 aromatic heterocycles. The average Bonchev–Trinajstić information content (AvgIpc) is 2.88. The van der Waals surface area contributed by atoms with Gasteiger partial charge in [0, 0.05) is 42.6 Å². The van der Waals surface area contributed by atoms with Crippen molar-refractivity contribution in [3.63, 3.8) is 0 Å². The Morgan fingerprint density at radius 1 is 1.17 bits per heavy atom. The zero-order valence-corrected chi connectivity index (χ0v) is 20.6. The van der Waals surface area contributed by atoms with E-state index in [-0.39, 0.29) is 18.0 Å². The van der Waals surface area contributed by atoms with Gasteiger partial charge in [0.2, 0.25) is 5.95 Å². The van der Waals surface area contributed by atoms with E-state index in [0.29, 0.717) is 37.8 Å². The van der Waals surface area contributed by atoms with Gasteiger partial charge in [0.05, 0.1) is 31.5 Å². The molecule has 0 saturated carbocycles. The van der Waals surface area contributed by atoms with E-state index in [2.05, 4.69) is 37.3 Å². The summed E-state index contributed by atoms with van der Waals surface area (Å²) >= 11 is 0. The number of hydrogen-bond donors (Lipinski definition) is 3. The van der Waals surface area contributed by atoms with Crippen molar-refractivity contribution >= 4 is 29.3 Å². The molecule has 0 bridgehead atoms. The van der Waals surface area contributed by atoms with E-state index in [9.17, 15) is 4.79 Å². The molecule has 1 aromatic carbocycles. The number of nitrogen functional groups attached to an aromatic ring is 1. The Morgan fingerprint density at radius 2 is 2.00 bits per heavy atom. The van der Waals surface area contributed by atoms with E-state index in [1.54, 1.807) is 6.20 Å². The number of aromatic nitrogens is 4. The summed E-state index contributed by atoms with van der Waals surface area (Å²) in [7, 11) is 0. The zero-order chi connectivity index (χ0) is 25.1. The van der Waals surface area contributed by atoms with Crippen molar-refractivity contribution in [1.82, 2.24) is 25.3 Å². The lowest BCUT2D eigenvalue weighted by Crippen LogP contribution is -2.45. The van der Waals surface area contributed by atoms with Gasteiger partial charge in [0.15, 0.2) is 5.82 Å². The number of nitrogens with one attached hydrogen (secondary N) is 2. The van der Waals surface area contributed by atoms with Gasteiger partial charge in [0.1, 0.15) is 11.6 Å². The van der Waals surface area contributed by atoms with E-state index in [1.807, 2.05) is 37.3 Å². The number of ether oxygens (including phenoxy) is 1. The lowest BCUT2D eigenvalue weighted by molar-refractivity contribution is 0.0984. The first kappa shape index (κ1) is 23.7. The summed E-state index contributed by atoms with van der Waals surface area (Å²) in [5, 5.41) is 5.56. The lowest BCUT2D eigenvalue weighted by Gasteiger charge is -2.38. The molecule has 2 aliphatic rings. The van der Waals surface area contributed by atoms with Gasteiger partial charge in [-0.05, 0) is 50.6 Å². The second kappa shape index (κ2) is 10.3. The van der Waals surface area contributed by atoms with Crippen molar-refractivity contribution in [2.24, 2.45) is 0 Å². The van der Waals surface area contributed by atoms with Gasteiger partial charge in [-0.25, -0.2) is 19.7 Å². The van der Waals surface area contributed by atoms with Crippen LogP contribution in [0.4, 0.5) is 28.1 Å². The SMILES string of the molecule is CCNC(=O)Nc1ccc(-c2nc3c(c(N4CCOCC4C)n2)CCN(c2ccnc(N)n2)C3)cc1. The number of hydrogen-bond acceptors (Lipinski definition) is 9. The first-order valence-corrected chi connectivity index (χ1v) is 12.2. The summed E-state index contributed by atoms with van der Waals surface area (Å²) < 4.78 is 5.68. The van der Waals surface area contributed by atoms with Crippen LogP contribution >= 0.6 is 0 Å². The number of nitrogens with two attached hydrogens (primary N) is 1. The summed E-state index contributed by atoms with van der Waals surface area (Å²) in [4.78, 5) is 34.8. The molecule has 1 unspecified atom stereocenters. The van der Waals surface area contributed by atoms with E-state index in [4.69, 9.17) is 20.4 Å². The molecule has 0 aliphatic carbocycles. The fourth-order valence-corrected chi connectivity index (χ4v) is 4.59. The minimum Gasteiger partial charge on any atom is -0.377 e. The molecule has 2 amide bonds. The third-order valence-electron chi connectivity index (χ3n) is 6.40. The Labute approximate surface area is 210 Å². The van der Waals surface area contributed by atoms with E-state index < -0.39 is 0 Å². The highest BCUT2D eigenvalue weighted by molar-refractivity contribution is 5.89. The van der Waals surface area contributed by atoms with Gasteiger partial charge in [-0.2, -0.15) is 4.98 Å².